The molecule has 0 aliphatic carbocycles. The summed E-state index contributed by atoms with van der Waals surface area (Å²) in [5.41, 5.74) is 14.4. The van der Waals surface area contributed by atoms with Gasteiger partial charge in [-0.15, -0.1) is 0 Å². The number of anilines is 2. The van der Waals surface area contributed by atoms with Gasteiger partial charge in [0.15, 0.2) is 0 Å². The first-order valence-corrected chi connectivity index (χ1v) is 9.14. The summed E-state index contributed by atoms with van der Waals surface area (Å²) >= 11 is 6.36. The van der Waals surface area contributed by atoms with Crippen LogP contribution in [0.4, 0.5) is 25.8 Å². The van der Waals surface area contributed by atoms with Gasteiger partial charge >= 0.3 is 0 Å². The SMILES string of the molecule is Nc1cc2c(cc1F)N=CN(c1ccc(OCc3cccc(F)c3)c(Cl)c1)C2N. The zero-order valence-corrected chi connectivity index (χ0v) is 15.9. The normalized spacial score (nSPS) is 15.3. The molecule has 3 aromatic rings. The molecule has 29 heavy (non-hydrogen) atoms. The number of nitrogens with zero attached hydrogens (tertiary/aromatic N) is 2. The van der Waals surface area contributed by atoms with Crippen LogP contribution in [0, 0.1) is 11.6 Å². The Bertz CT molecular complexity index is 1110. The molecule has 0 saturated carbocycles. The van der Waals surface area contributed by atoms with Crippen LogP contribution < -0.4 is 21.1 Å². The molecule has 1 aliphatic heterocycles. The molecule has 1 heterocycles. The summed E-state index contributed by atoms with van der Waals surface area (Å²) in [6.07, 6.45) is 0.905. The van der Waals surface area contributed by atoms with Gasteiger partial charge in [-0.1, -0.05) is 23.7 Å². The number of ether oxygens (including phenoxy) is 1. The van der Waals surface area contributed by atoms with Crippen molar-refractivity contribution in [2.75, 3.05) is 10.6 Å². The molecule has 1 aliphatic rings. The van der Waals surface area contributed by atoms with E-state index in [4.69, 9.17) is 27.8 Å². The molecule has 148 valence electrons. The van der Waals surface area contributed by atoms with Gasteiger partial charge in [-0.3, -0.25) is 0 Å². The lowest BCUT2D eigenvalue weighted by Gasteiger charge is -2.31. The van der Waals surface area contributed by atoms with E-state index >= 15 is 0 Å². The monoisotopic (exact) mass is 414 g/mol. The first-order valence-electron chi connectivity index (χ1n) is 8.76. The Balaban J connectivity index is 1.54. The topological polar surface area (TPSA) is 76.9 Å². The highest BCUT2D eigenvalue weighted by Crippen LogP contribution is 2.37. The van der Waals surface area contributed by atoms with Crippen molar-refractivity contribution in [3.8, 4) is 5.75 Å². The Morgan fingerprint density at radius 2 is 1.93 bits per heavy atom. The Hall–Kier alpha value is -3.16. The summed E-state index contributed by atoms with van der Waals surface area (Å²) in [5, 5.41) is 0.365. The van der Waals surface area contributed by atoms with Crippen LogP contribution in [0.2, 0.25) is 5.02 Å². The molecule has 4 N–H and O–H groups in total. The van der Waals surface area contributed by atoms with Crippen molar-refractivity contribution in [3.63, 3.8) is 0 Å². The van der Waals surface area contributed by atoms with Crippen LogP contribution in [0.25, 0.3) is 0 Å². The van der Waals surface area contributed by atoms with Crippen LogP contribution in [0.5, 0.6) is 5.75 Å². The molecule has 1 unspecified atom stereocenters. The van der Waals surface area contributed by atoms with E-state index in [9.17, 15) is 8.78 Å². The van der Waals surface area contributed by atoms with Crippen LogP contribution in [-0.4, -0.2) is 6.34 Å². The van der Waals surface area contributed by atoms with Crippen LogP contribution in [0.3, 0.4) is 0 Å². The maximum Gasteiger partial charge on any atom is 0.148 e. The molecule has 0 aromatic heterocycles. The second kappa shape index (κ2) is 7.69. The van der Waals surface area contributed by atoms with Crippen molar-refractivity contribution in [2.24, 2.45) is 10.7 Å². The van der Waals surface area contributed by atoms with Gasteiger partial charge in [-0.25, -0.2) is 13.8 Å². The van der Waals surface area contributed by atoms with Gasteiger partial charge in [0.05, 0.1) is 22.7 Å². The number of halogens is 3. The summed E-state index contributed by atoms with van der Waals surface area (Å²) in [5.74, 6) is -0.412. The molecule has 3 aromatic carbocycles. The molecule has 0 bridgehead atoms. The summed E-state index contributed by atoms with van der Waals surface area (Å²) in [6.45, 7) is 0.180. The lowest BCUT2D eigenvalue weighted by Crippen LogP contribution is -2.35. The van der Waals surface area contributed by atoms with E-state index < -0.39 is 12.0 Å². The predicted octanol–water partition coefficient (Wildman–Crippen LogP) is 4.92. The summed E-state index contributed by atoms with van der Waals surface area (Å²) in [6, 6.07) is 14.1. The molecule has 4 rings (SSSR count). The Labute approximate surface area is 171 Å². The van der Waals surface area contributed by atoms with E-state index in [1.54, 1.807) is 35.2 Å². The maximum absolute atomic E-state index is 13.7. The number of hydrogen-bond acceptors (Lipinski definition) is 5. The number of aliphatic imine (C=N–C) groups is 1. The van der Waals surface area contributed by atoms with Gasteiger partial charge in [0.1, 0.15) is 30.2 Å². The Morgan fingerprint density at radius 3 is 2.69 bits per heavy atom. The average molecular weight is 415 g/mol. The second-order valence-corrected chi connectivity index (χ2v) is 6.97. The fourth-order valence-electron chi connectivity index (χ4n) is 3.07. The lowest BCUT2D eigenvalue weighted by molar-refractivity contribution is 0.306. The Kier molecular flexibility index (Phi) is 5.08. The zero-order valence-electron chi connectivity index (χ0n) is 15.1. The smallest absolute Gasteiger partial charge is 0.148 e. The third-order valence-electron chi connectivity index (χ3n) is 4.58. The molecule has 0 saturated heterocycles. The van der Waals surface area contributed by atoms with E-state index in [0.29, 0.717) is 33.3 Å². The lowest BCUT2D eigenvalue weighted by atomic mass is 10.1. The van der Waals surface area contributed by atoms with Crippen LogP contribution >= 0.6 is 11.6 Å². The summed E-state index contributed by atoms with van der Waals surface area (Å²) in [7, 11) is 0. The minimum atomic E-state index is -0.611. The molecule has 8 heteroatoms. The van der Waals surface area contributed by atoms with Crippen molar-refractivity contribution >= 4 is 35.0 Å². The largest absolute Gasteiger partial charge is 0.487 e. The van der Waals surface area contributed by atoms with Crippen molar-refractivity contribution < 1.29 is 13.5 Å². The van der Waals surface area contributed by atoms with E-state index in [2.05, 4.69) is 4.99 Å². The number of nitrogen functional groups attached to an aromatic ring is 1. The number of fused-ring (bicyclic) bond motifs is 1. The fraction of sp³-hybridized carbons (Fsp3) is 0.0952. The van der Waals surface area contributed by atoms with Gasteiger partial charge in [-0.2, -0.15) is 0 Å². The third kappa shape index (κ3) is 3.87. The van der Waals surface area contributed by atoms with Crippen molar-refractivity contribution in [2.45, 2.75) is 12.8 Å². The molecular weight excluding hydrogens is 398 g/mol. The maximum atomic E-state index is 13.7. The van der Waals surface area contributed by atoms with Gasteiger partial charge in [0, 0.05) is 17.3 Å². The van der Waals surface area contributed by atoms with Gasteiger partial charge in [0.25, 0.3) is 0 Å². The first-order chi connectivity index (χ1) is 13.9. The molecule has 1 atom stereocenters. The minimum Gasteiger partial charge on any atom is -0.487 e. The second-order valence-electron chi connectivity index (χ2n) is 6.56. The molecule has 5 nitrogen and oxygen atoms in total. The van der Waals surface area contributed by atoms with Crippen molar-refractivity contribution in [3.05, 3.63) is 82.4 Å². The average Bonchev–Trinajstić information content (AvgIpc) is 2.69. The van der Waals surface area contributed by atoms with E-state index in [1.807, 2.05) is 0 Å². The quantitative estimate of drug-likeness (QED) is 0.594. The van der Waals surface area contributed by atoms with Crippen LogP contribution in [0.15, 0.2) is 59.6 Å². The third-order valence-corrected chi connectivity index (χ3v) is 4.88. The van der Waals surface area contributed by atoms with Gasteiger partial charge < -0.3 is 21.1 Å². The van der Waals surface area contributed by atoms with Crippen molar-refractivity contribution in [1.29, 1.82) is 0 Å². The van der Waals surface area contributed by atoms with Crippen LogP contribution in [0.1, 0.15) is 17.3 Å². The standard InChI is InChI=1S/C21H17ClF2N4O/c22-16-7-14(4-5-20(16)29-10-12-2-1-3-13(23)6-12)28-11-27-19-9-17(24)18(25)8-15(19)21(28)26/h1-9,11,21H,10,25-26H2. The highest BCUT2D eigenvalue weighted by Gasteiger charge is 2.24. The van der Waals surface area contributed by atoms with Gasteiger partial charge in [-0.05, 0) is 42.0 Å². The predicted molar refractivity (Wildman–Crippen MR) is 111 cm³/mol. The van der Waals surface area contributed by atoms with E-state index in [1.165, 1.54) is 30.6 Å². The fourth-order valence-corrected chi connectivity index (χ4v) is 3.30. The number of benzene rings is 3. The van der Waals surface area contributed by atoms with Crippen molar-refractivity contribution in [1.82, 2.24) is 0 Å². The van der Waals surface area contributed by atoms with E-state index in [-0.39, 0.29) is 18.1 Å². The molecule has 0 radical (unpaired) electrons. The highest BCUT2D eigenvalue weighted by atomic mass is 35.5. The summed E-state index contributed by atoms with van der Waals surface area (Å²) < 4.78 is 32.6. The first kappa shape index (κ1) is 19.2. The molecule has 0 spiro atoms. The van der Waals surface area contributed by atoms with Crippen LogP contribution in [-0.2, 0) is 6.61 Å². The number of hydrogen-bond donors (Lipinski definition) is 2. The Morgan fingerprint density at radius 1 is 1.10 bits per heavy atom. The number of nitrogens with two attached hydrogens (primary N) is 2. The van der Waals surface area contributed by atoms with Gasteiger partial charge in [0.2, 0.25) is 0 Å². The molecule has 0 fully saturated rings. The molecule has 0 amide bonds. The minimum absolute atomic E-state index is 0.00961. The molecular formula is C21H17ClF2N4O. The number of rotatable bonds is 4. The zero-order chi connectivity index (χ0) is 20.5. The highest BCUT2D eigenvalue weighted by molar-refractivity contribution is 6.32. The summed E-state index contributed by atoms with van der Waals surface area (Å²) in [4.78, 5) is 5.95. The van der Waals surface area contributed by atoms with E-state index in [0.717, 1.165) is 0 Å².